The number of hydrogen-bond acceptors (Lipinski definition) is 5. The highest BCUT2D eigenvalue weighted by atomic mass is 16.6. The van der Waals surface area contributed by atoms with Crippen molar-refractivity contribution in [1.82, 2.24) is 0 Å². The second kappa shape index (κ2) is 7.12. The van der Waals surface area contributed by atoms with Gasteiger partial charge in [0.25, 0.3) is 0 Å². The number of ether oxygens (including phenoxy) is 3. The highest BCUT2D eigenvalue weighted by molar-refractivity contribution is 5.85. The third kappa shape index (κ3) is 3.25. The number of benzene rings is 2. The van der Waals surface area contributed by atoms with E-state index in [0.29, 0.717) is 17.2 Å². The van der Waals surface area contributed by atoms with Gasteiger partial charge in [0.15, 0.2) is 18.1 Å². The zero-order valence-electron chi connectivity index (χ0n) is 14.6. The van der Waals surface area contributed by atoms with Crippen LogP contribution in [-0.4, -0.2) is 19.7 Å². The van der Waals surface area contributed by atoms with E-state index in [2.05, 4.69) is 0 Å². The fourth-order valence-electron chi connectivity index (χ4n) is 3.34. The molecule has 0 saturated heterocycles. The Labute approximate surface area is 151 Å². The monoisotopic (exact) mass is 352 g/mol. The molecule has 0 bridgehead atoms. The fourth-order valence-corrected chi connectivity index (χ4v) is 3.34. The molecule has 0 amide bonds. The molecule has 0 N–H and O–H groups in total. The van der Waals surface area contributed by atoms with Crippen molar-refractivity contribution < 1.29 is 23.4 Å². The van der Waals surface area contributed by atoms with Crippen LogP contribution in [0.1, 0.15) is 24.2 Å². The summed E-state index contributed by atoms with van der Waals surface area (Å²) in [5.74, 6) is 2.18. The second-order valence-corrected chi connectivity index (χ2v) is 6.28. The van der Waals surface area contributed by atoms with Crippen molar-refractivity contribution in [3.63, 3.8) is 0 Å². The molecule has 2 aromatic carbocycles. The Morgan fingerprint density at radius 2 is 1.88 bits per heavy atom. The predicted molar refractivity (Wildman–Crippen MR) is 97.0 cm³/mol. The lowest BCUT2D eigenvalue weighted by molar-refractivity contribution is -0.136. The molecule has 0 saturated carbocycles. The summed E-state index contributed by atoms with van der Waals surface area (Å²) < 4.78 is 22.0. The fraction of sp³-hybridized carbons (Fsp3) is 0.286. The van der Waals surface area contributed by atoms with Crippen LogP contribution < -0.4 is 14.2 Å². The topological polar surface area (TPSA) is 57.9 Å². The van der Waals surface area contributed by atoms with Crippen molar-refractivity contribution in [1.29, 1.82) is 0 Å². The van der Waals surface area contributed by atoms with E-state index in [1.165, 1.54) is 12.0 Å². The molecule has 5 nitrogen and oxygen atoms in total. The Morgan fingerprint density at radius 1 is 1.08 bits per heavy atom. The lowest BCUT2D eigenvalue weighted by atomic mass is 9.96. The molecular weight excluding hydrogens is 332 g/mol. The highest BCUT2D eigenvalue weighted by Crippen LogP contribution is 2.34. The molecule has 1 heterocycles. The van der Waals surface area contributed by atoms with Gasteiger partial charge in [-0.15, -0.1) is 0 Å². The van der Waals surface area contributed by atoms with Crippen LogP contribution in [0.25, 0.3) is 11.0 Å². The van der Waals surface area contributed by atoms with E-state index in [-0.39, 0.29) is 6.61 Å². The van der Waals surface area contributed by atoms with Crippen molar-refractivity contribution in [2.45, 2.75) is 25.7 Å². The Bertz CT molecular complexity index is 941. The van der Waals surface area contributed by atoms with E-state index in [0.717, 1.165) is 36.0 Å². The highest BCUT2D eigenvalue weighted by Gasteiger charge is 2.18. The third-order valence-electron chi connectivity index (χ3n) is 4.57. The average molecular weight is 352 g/mol. The van der Waals surface area contributed by atoms with Gasteiger partial charge in [0.05, 0.1) is 7.11 Å². The summed E-state index contributed by atoms with van der Waals surface area (Å²) >= 11 is 0. The van der Waals surface area contributed by atoms with Crippen LogP contribution in [0.4, 0.5) is 0 Å². The molecule has 0 fully saturated rings. The van der Waals surface area contributed by atoms with Gasteiger partial charge in [0, 0.05) is 17.4 Å². The normalized spacial score (nSPS) is 13.3. The van der Waals surface area contributed by atoms with Crippen LogP contribution in [0.3, 0.4) is 0 Å². The number of rotatable bonds is 5. The zero-order valence-corrected chi connectivity index (χ0v) is 14.6. The van der Waals surface area contributed by atoms with Gasteiger partial charge in [-0.25, -0.2) is 4.79 Å². The lowest BCUT2D eigenvalue weighted by Gasteiger charge is -2.10. The van der Waals surface area contributed by atoms with E-state index in [1.54, 1.807) is 25.3 Å². The molecule has 1 aliphatic carbocycles. The summed E-state index contributed by atoms with van der Waals surface area (Å²) in [6.07, 6.45) is 4.32. The number of carbonyl (C=O) groups excluding carboxylic acids is 1. The Balaban J connectivity index is 1.45. The molecule has 26 heavy (non-hydrogen) atoms. The first-order valence-corrected chi connectivity index (χ1v) is 8.75. The second-order valence-electron chi connectivity index (χ2n) is 6.28. The van der Waals surface area contributed by atoms with E-state index < -0.39 is 5.97 Å². The van der Waals surface area contributed by atoms with Crippen molar-refractivity contribution in [2.24, 2.45) is 0 Å². The SMILES string of the molecule is COc1ccccc1OCC(=O)Oc1ccc2oc3c(c2c1)CCCC3. The summed E-state index contributed by atoms with van der Waals surface area (Å²) in [6.45, 7) is -0.193. The maximum absolute atomic E-state index is 12.1. The van der Waals surface area contributed by atoms with Crippen LogP contribution in [0.2, 0.25) is 0 Å². The van der Waals surface area contributed by atoms with Gasteiger partial charge in [0.1, 0.15) is 17.1 Å². The van der Waals surface area contributed by atoms with Gasteiger partial charge in [-0.2, -0.15) is 0 Å². The van der Waals surface area contributed by atoms with Crippen LogP contribution in [-0.2, 0) is 17.6 Å². The molecule has 3 aromatic rings. The number of methoxy groups -OCH3 is 1. The maximum atomic E-state index is 12.1. The lowest BCUT2D eigenvalue weighted by Crippen LogP contribution is -2.17. The largest absolute Gasteiger partial charge is 0.493 e. The number of esters is 1. The van der Waals surface area contributed by atoms with Crippen LogP contribution >= 0.6 is 0 Å². The molecule has 4 rings (SSSR count). The van der Waals surface area contributed by atoms with Gasteiger partial charge in [-0.3, -0.25) is 0 Å². The number of hydrogen-bond donors (Lipinski definition) is 0. The Hall–Kier alpha value is -2.95. The first kappa shape index (κ1) is 16.5. The number of furan rings is 1. The van der Waals surface area contributed by atoms with Crippen molar-refractivity contribution >= 4 is 16.9 Å². The molecule has 0 atom stereocenters. The standard InChI is InChI=1S/C21H20O5/c1-23-19-8-4-5-9-20(19)24-13-21(22)25-14-10-11-18-16(12-14)15-6-2-3-7-17(15)26-18/h4-5,8-12H,2-3,6-7,13H2,1H3. The van der Waals surface area contributed by atoms with E-state index >= 15 is 0 Å². The summed E-state index contributed by atoms with van der Waals surface area (Å²) in [5, 5.41) is 1.04. The van der Waals surface area contributed by atoms with Crippen molar-refractivity contribution in [3.8, 4) is 17.2 Å². The van der Waals surface area contributed by atoms with Gasteiger partial charge < -0.3 is 18.6 Å². The first-order valence-electron chi connectivity index (χ1n) is 8.75. The summed E-state index contributed by atoms with van der Waals surface area (Å²) in [5.41, 5.74) is 2.09. The number of para-hydroxylation sites is 2. The minimum atomic E-state index is -0.465. The molecule has 0 unspecified atom stereocenters. The summed E-state index contributed by atoms with van der Waals surface area (Å²) in [4.78, 5) is 12.1. The van der Waals surface area contributed by atoms with Gasteiger partial charge in [0.2, 0.25) is 0 Å². The molecular formula is C21H20O5. The van der Waals surface area contributed by atoms with Crippen molar-refractivity contribution in [3.05, 3.63) is 53.8 Å². The number of fused-ring (bicyclic) bond motifs is 3. The predicted octanol–water partition coefficient (Wildman–Crippen LogP) is 4.30. The molecule has 1 aliphatic rings. The Morgan fingerprint density at radius 3 is 2.73 bits per heavy atom. The zero-order chi connectivity index (χ0) is 17.9. The van der Waals surface area contributed by atoms with Crippen LogP contribution in [0, 0.1) is 0 Å². The quantitative estimate of drug-likeness (QED) is 0.506. The smallest absolute Gasteiger partial charge is 0.349 e. The summed E-state index contributed by atoms with van der Waals surface area (Å²) in [6, 6.07) is 12.7. The average Bonchev–Trinajstić information content (AvgIpc) is 3.04. The van der Waals surface area contributed by atoms with Gasteiger partial charge >= 0.3 is 5.97 Å². The van der Waals surface area contributed by atoms with E-state index in [1.807, 2.05) is 24.3 Å². The maximum Gasteiger partial charge on any atom is 0.349 e. The minimum absolute atomic E-state index is 0.193. The molecule has 134 valence electrons. The minimum Gasteiger partial charge on any atom is -0.493 e. The Kier molecular flexibility index (Phi) is 4.52. The third-order valence-corrected chi connectivity index (χ3v) is 4.57. The van der Waals surface area contributed by atoms with Crippen molar-refractivity contribution in [2.75, 3.05) is 13.7 Å². The summed E-state index contributed by atoms with van der Waals surface area (Å²) in [7, 11) is 1.56. The molecule has 0 radical (unpaired) electrons. The van der Waals surface area contributed by atoms with E-state index in [9.17, 15) is 4.79 Å². The van der Waals surface area contributed by atoms with E-state index in [4.69, 9.17) is 18.6 Å². The van der Waals surface area contributed by atoms with Crippen LogP contribution in [0.15, 0.2) is 46.9 Å². The number of carbonyl (C=O) groups is 1. The van der Waals surface area contributed by atoms with Crippen LogP contribution in [0.5, 0.6) is 17.2 Å². The van der Waals surface area contributed by atoms with Gasteiger partial charge in [-0.1, -0.05) is 12.1 Å². The van der Waals surface area contributed by atoms with Gasteiger partial charge in [-0.05, 0) is 49.6 Å². The molecule has 1 aromatic heterocycles. The first-order chi connectivity index (χ1) is 12.7. The molecule has 5 heteroatoms. The molecule has 0 aliphatic heterocycles. The molecule has 0 spiro atoms. The number of aryl methyl sites for hydroxylation is 2.